The minimum Gasteiger partial charge on any atom is -0.481 e. The zero-order valence-corrected chi connectivity index (χ0v) is 11.7. The average Bonchev–Trinajstić information content (AvgIpc) is 2.19. The maximum Gasteiger partial charge on any atom is 0.313 e. The van der Waals surface area contributed by atoms with Gasteiger partial charge in [-0.05, 0) is 0 Å². The van der Waals surface area contributed by atoms with Crippen LogP contribution in [0.15, 0.2) is 0 Å². The summed E-state index contributed by atoms with van der Waals surface area (Å²) in [5.41, 5.74) is 0. The van der Waals surface area contributed by atoms with Crippen molar-refractivity contribution < 1.29 is 46.8 Å². The summed E-state index contributed by atoms with van der Waals surface area (Å²) in [7, 11) is 0. The van der Waals surface area contributed by atoms with Crippen LogP contribution in [0.4, 0.5) is 0 Å². The Kier molecular flexibility index (Phi) is 31.9. The number of hydrogen-bond donors (Lipinski definition) is 6. The Bertz CT molecular complexity index is 167. The summed E-state index contributed by atoms with van der Waals surface area (Å²) >= 11 is 10.2. The minimum atomic E-state index is -0.881. The van der Waals surface area contributed by atoms with Crippen molar-refractivity contribution in [3.8, 4) is 0 Å². The predicted molar refractivity (Wildman–Crippen MR) is 64.5 cm³/mol. The van der Waals surface area contributed by atoms with Crippen LogP contribution in [-0.4, -0.2) is 50.5 Å². The fourth-order valence-electron chi connectivity index (χ4n) is 0. The Balaban J connectivity index is -0.0000000655. The van der Waals surface area contributed by atoms with Crippen LogP contribution >= 0.6 is 37.9 Å². The monoisotopic (exact) mass is 332 g/mol. The van der Waals surface area contributed by atoms with Crippen molar-refractivity contribution in [2.75, 3.05) is 17.3 Å². The fraction of sp³-hybridized carbons (Fsp3) is 0.500. The van der Waals surface area contributed by atoms with Crippen LogP contribution in [-0.2, 0) is 31.5 Å². The van der Waals surface area contributed by atoms with Crippen LogP contribution < -0.4 is 0 Å². The van der Waals surface area contributed by atoms with Gasteiger partial charge >= 0.3 is 17.9 Å². The topological polar surface area (TPSA) is 112 Å². The molecule has 3 N–H and O–H groups in total. The first-order valence-corrected chi connectivity index (χ1v) is 5.19. The molecule has 0 fully saturated rings. The summed E-state index contributed by atoms with van der Waals surface area (Å²) < 4.78 is 0. The number of carboxylic acid groups (broad SMARTS) is 3. The van der Waals surface area contributed by atoms with Crippen molar-refractivity contribution in [2.45, 2.75) is 0 Å². The number of rotatable bonds is 3. The zero-order chi connectivity index (χ0) is 12.9. The van der Waals surface area contributed by atoms with Crippen molar-refractivity contribution >= 4 is 55.8 Å². The molecule has 0 aliphatic rings. The summed E-state index contributed by atoms with van der Waals surface area (Å²) in [6.45, 7) is 0. The molecular formula is C6H12FeO6S3. The van der Waals surface area contributed by atoms with E-state index in [0.29, 0.717) is 0 Å². The third-order valence-electron chi connectivity index (χ3n) is 0.406. The second-order valence-corrected chi connectivity index (χ2v) is 2.60. The number of hydrogen-bond acceptors (Lipinski definition) is 6. The molecule has 0 atom stereocenters. The van der Waals surface area contributed by atoms with Gasteiger partial charge in [-0.2, -0.15) is 37.9 Å². The third-order valence-corrected chi connectivity index (χ3v) is 1.22. The van der Waals surface area contributed by atoms with Gasteiger partial charge in [0.1, 0.15) is 0 Å². The van der Waals surface area contributed by atoms with E-state index in [-0.39, 0.29) is 34.3 Å². The standard InChI is InChI=1S/3C2H4O2S.Fe/c3*3-2(4)1-5;/h3*5H,1H2,(H,3,4);. The molecule has 0 heterocycles. The molecule has 16 heavy (non-hydrogen) atoms. The van der Waals surface area contributed by atoms with E-state index >= 15 is 0 Å². The normalized spacial score (nSPS) is 6.94. The number of thiol groups is 3. The molecule has 0 rings (SSSR count). The Morgan fingerprint density at radius 2 is 0.750 bits per heavy atom. The molecule has 0 bridgehead atoms. The van der Waals surface area contributed by atoms with Gasteiger partial charge in [0.2, 0.25) is 0 Å². The van der Waals surface area contributed by atoms with Crippen LogP contribution in [0, 0.1) is 0 Å². The maximum absolute atomic E-state index is 9.29. The molecular weight excluding hydrogens is 320 g/mol. The summed E-state index contributed by atoms with van der Waals surface area (Å²) in [4.78, 5) is 27.9. The van der Waals surface area contributed by atoms with Crippen molar-refractivity contribution in [1.29, 1.82) is 0 Å². The van der Waals surface area contributed by atoms with Gasteiger partial charge in [-0.25, -0.2) is 0 Å². The molecule has 10 heteroatoms. The third kappa shape index (κ3) is 65.9. The van der Waals surface area contributed by atoms with Gasteiger partial charge in [-0.1, -0.05) is 0 Å². The Labute approximate surface area is 120 Å². The van der Waals surface area contributed by atoms with Gasteiger partial charge < -0.3 is 15.3 Å². The number of aliphatic carboxylic acids is 3. The second kappa shape index (κ2) is 20.4. The van der Waals surface area contributed by atoms with Crippen LogP contribution in [0.2, 0.25) is 0 Å². The summed E-state index contributed by atoms with van der Waals surface area (Å²) in [6, 6.07) is 0. The van der Waals surface area contributed by atoms with Crippen molar-refractivity contribution in [2.24, 2.45) is 0 Å². The number of carboxylic acids is 3. The molecule has 0 unspecified atom stereocenters. The van der Waals surface area contributed by atoms with E-state index in [9.17, 15) is 14.4 Å². The van der Waals surface area contributed by atoms with E-state index in [1.165, 1.54) is 0 Å². The van der Waals surface area contributed by atoms with Gasteiger partial charge in [-0.15, -0.1) is 0 Å². The Morgan fingerprint density at radius 1 is 0.688 bits per heavy atom. The first-order chi connectivity index (χ1) is 6.81. The van der Waals surface area contributed by atoms with Crippen molar-refractivity contribution in [1.82, 2.24) is 0 Å². The molecule has 0 amide bonds. The molecule has 0 radical (unpaired) electrons. The van der Waals surface area contributed by atoms with E-state index in [1.807, 2.05) is 0 Å². The van der Waals surface area contributed by atoms with Gasteiger partial charge in [0.15, 0.2) is 0 Å². The van der Waals surface area contributed by atoms with Gasteiger partial charge in [0.05, 0.1) is 17.3 Å². The van der Waals surface area contributed by atoms with Gasteiger partial charge in [-0.3, -0.25) is 14.4 Å². The SMILES string of the molecule is O=C(O)CS.O=C(O)CS.O=C(O)CS.[Fe]. The second-order valence-electron chi connectivity index (χ2n) is 1.66. The molecule has 6 nitrogen and oxygen atoms in total. The van der Waals surface area contributed by atoms with Crippen LogP contribution in [0.1, 0.15) is 0 Å². The zero-order valence-electron chi connectivity index (χ0n) is 7.88. The van der Waals surface area contributed by atoms with E-state index in [4.69, 9.17) is 15.3 Å². The van der Waals surface area contributed by atoms with Gasteiger partial charge in [0, 0.05) is 17.1 Å². The summed E-state index contributed by atoms with van der Waals surface area (Å²) in [5, 5.41) is 22.9. The quantitative estimate of drug-likeness (QED) is 0.321. The molecule has 0 saturated carbocycles. The predicted octanol–water partition coefficient (Wildman–Crippen LogP) is -0.0001000. The van der Waals surface area contributed by atoms with E-state index in [1.54, 1.807) is 0 Å². The minimum absolute atomic E-state index is 0. The molecule has 0 aliphatic heterocycles. The van der Waals surface area contributed by atoms with Crippen LogP contribution in [0.25, 0.3) is 0 Å². The molecule has 0 aromatic heterocycles. The molecule has 0 aromatic carbocycles. The van der Waals surface area contributed by atoms with Gasteiger partial charge in [0.25, 0.3) is 0 Å². The van der Waals surface area contributed by atoms with Crippen LogP contribution in [0.3, 0.4) is 0 Å². The first kappa shape index (κ1) is 25.0. The maximum atomic E-state index is 9.29. The number of carbonyl (C=O) groups is 3. The molecule has 0 spiro atoms. The molecule has 0 aliphatic carbocycles. The summed E-state index contributed by atoms with van der Waals surface area (Å²) in [6.07, 6.45) is 0. The van der Waals surface area contributed by atoms with E-state index in [0.717, 1.165) is 0 Å². The molecule has 0 saturated heterocycles. The fourth-order valence-corrected chi connectivity index (χ4v) is 0. The Hall–Kier alpha value is -0.0205. The van der Waals surface area contributed by atoms with E-state index < -0.39 is 17.9 Å². The Morgan fingerprint density at radius 3 is 0.750 bits per heavy atom. The summed E-state index contributed by atoms with van der Waals surface area (Å²) in [5.74, 6) is -2.89. The molecule has 98 valence electrons. The van der Waals surface area contributed by atoms with Crippen LogP contribution in [0.5, 0.6) is 0 Å². The van der Waals surface area contributed by atoms with Crippen molar-refractivity contribution in [3.63, 3.8) is 0 Å². The largest absolute Gasteiger partial charge is 0.481 e. The first-order valence-electron chi connectivity index (χ1n) is 3.29. The molecule has 0 aromatic rings. The smallest absolute Gasteiger partial charge is 0.313 e. The average molecular weight is 332 g/mol. The van der Waals surface area contributed by atoms with E-state index in [2.05, 4.69) is 37.9 Å². The van der Waals surface area contributed by atoms with Crippen molar-refractivity contribution in [3.05, 3.63) is 0 Å².